The zero-order valence-electron chi connectivity index (χ0n) is 32.5. The van der Waals surface area contributed by atoms with Gasteiger partial charge in [0.25, 0.3) is 0 Å². The van der Waals surface area contributed by atoms with E-state index >= 15 is 0 Å². The zero-order valence-corrected chi connectivity index (χ0v) is 32.5. The highest BCUT2D eigenvalue weighted by Crippen LogP contribution is 2.50. The summed E-state index contributed by atoms with van der Waals surface area (Å²) < 4.78 is 0. The lowest BCUT2D eigenvalue weighted by molar-refractivity contribution is 0.660. The topological polar surface area (TPSA) is 75.3 Å². The molecule has 0 unspecified atom stereocenters. The molecule has 8 aromatic carbocycles. The van der Waals surface area contributed by atoms with E-state index in [1.54, 1.807) is 0 Å². The van der Waals surface area contributed by atoms with Gasteiger partial charge in [-0.05, 0) is 120 Å². The molecule has 0 spiro atoms. The lowest BCUT2D eigenvalue weighted by Crippen LogP contribution is -2.15. The van der Waals surface area contributed by atoms with Crippen molar-refractivity contribution in [1.29, 1.82) is 5.26 Å². The Bertz CT molecular complexity index is 3270. The van der Waals surface area contributed by atoms with Crippen LogP contribution in [-0.4, -0.2) is 19.9 Å². The van der Waals surface area contributed by atoms with E-state index in [1.807, 2.05) is 85.2 Å². The van der Waals surface area contributed by atoms with Crippen molar-refractivity contribution < 1.29 is 0 Å². The molecule has 0 saturated heterocycles. The molecular formula is C54H35N5. The minimum absolute atomic E-state index is 0.284. The van der Waals surface area contributed by atoms with Crippen molar-refractivity contribution in [2.75, 3.05) is 0 Å². The van der Waals surface area contributed by atoms with E-state index in [4.69, 9.17) is 15.0 Å². The van der Waals surface area contributed by atoms with Crippen LogP contribution in [0.25, 0.3) is 99.9 Å². The maximum atomic E-state index is 9.74. The van der Waals surface area contributed by atoms with Crippen LogP contribution < -0.4 is 0 Å². The van der Waals surface area contributed by atoms with Crippen LogP contribution in [0.1, 0.15) is 30.5 Å². The number of rotatable bonds is 5. The molecule has 0 saturated carbocycles. The molecule has 2 aromatic heterocycles. The number of fused-ring (bicyclic) bond motifs is 9. The highest BCUT2D eigenvalue weighted by atomic mass is 15.0. The third-order valence-corrected chi connectivity index (χ3v) is 12.0. The Morgan fingerprint density at radius 2 is 0.915 bits per heavy atom. The lowest BCUT2D eigenvalue weighted by atomic mass is 9.81. The first-order valence-electron chi connectivity index (χ1n) is 19.8. The van der Waals surface area contributed by atoms with Gasteiger partial charge in [-0.3, -0.25) is 4.98 Å². The van der Waals surface area contributed by atoms with Crippen LogP contribution in [0.4, 0.5) is 0 Å². The number of nitriles is 1. The normalized spacial score (nSPS) is 12.7. The second-order valence-electron chi connectivity index (χ2n) is 15.8. The molecule has 0 atom stereocenters. The molecule has 0 fully saturated rings. The minimum Gasteiger partial charge on any atom is -0.264 e. The predicted octanol–water partition coefficient (Wildman–Crippen LogP) is 13.2. The van der Waals surface area contributed by atoms with Gasteiger partial charge in [-0.1, -0.05) is 129 Å². The van der Waals surface area contributed by atoms with E-state index in [0.717, 1.165) is 49.7 Å². The molecule has 5 nitrogen and oxygen atoms in total. The van der Waals surface area contributed by atoms with Crippen molar-refractivity contribution in [2.45, 2.75) is 19.3 Å². The Morgan fingerprint density at radius 3 is 1.56 bits per heavy atom. The van der Waals surface area contributed by atoms with E-state index in [0.29, 0.717) is 23.0 Å². The number of hydrogen-bond acceptors (Lipinski definition) is 5. The van der Waals surface area contributed by atoms with Gasteiger partial charge in [0.05, 0.1) is 11.6 Å². The number of pyridine rings is 1. The van der Waals surface area contributed by atoms with E-state index in [2.05, 4.69) is 116 Å². The molecule has 0 amide bonds. The third-order valence-electron chi connectivity index (χ3n) is 12.0. The largest absolute Gasteiger partial charge is 0.264 e. The van der Waals surface area contributed by atoms with E-state index in [1.165, 1.54) is 43.8 Å². The van der Waals surface area contributed by atoms with Gasteiger partial charge in [0, 0.05) is 39.9 Å². The molecule has 11 rings (SSSR count). The van der Waals surface area contributed by atoms with Gasteiger partial charge in [0.15, 0.2) is 17.5 Å². The Kier molecular flexibility index (Phi) is 7.82. The molecule has 2 heterocycles. The first-order valence-corrected chi connectivity index (χ1v) is 19.8. The maximum Gasteiger partial charge on any atom is 0.164 e. The van der Waals surface area contributed by atoms with Crippen LogP contribution in [0.3, 0.4) is 0 Å². The van der Waals surface area contributed by atoms with E-state index < -0.39 is 0 Å². The van der Waals surface area contributed by atoms with Gasteiger partial charge >= 0.3 is 0 Å². The van der Waals surface area contributed by atoms with Crippen LogP contribution in [0.5, 0.6) is 0 Å². The predicted molar refractivity (Wildman–Crippen MR) is 240 cm³/mol. The van der Waals surface area contributed by atoms with Crippen molar-refractivity contribution in [2.24, 2.45) is 0 Å². The molecule has 0 aliphatic heterocycles. The number of nitrogens with zero attached hydrogens (tertiary/aromatic N) is 5. The fraction of sp³-hybridized carbons (Fsp3) is 0.0556. The highest BCUT2D eigenvalue weighted by molar-refractivity contribution is 6.25. The van der Waals surface area contributed by atoms with Gasteiger partial charge in [0.2, 0.25) is 0 Å². The summed E-state index contributed by atoms with van der Waals surface area (Å²) in [6, 6.07) is 59.6. The summed E-state index contributed by atoms with van der Waals surface area (Å²) in [6.45, 7) is 4.51. The Morgan fingerprint density at radius 1 is 0.407 bits per heavy atom. The summed E-state index contributed by atoms with van der Waals surface area (Å²) in [5, 5.41) is 16.8. The average Bonchev–Trinajstić information content (AvgIpc) is 3.53. The van der Waals surface area contributed by atoms with Crippen molar-refractivity contribution in [3.8, 4) is 73.6 Å². The number of hydrogen-bond donors (Lipinski definition) is 0. The van der Waals surface area contributed by atoms with Gasteiger partial charge in [-0.2, -0.15) is 5.26 Å². The molecule has 1 aliphatic carbocycles. The summed E-state index contributed by atoms with van der Waals surface area (Å²) in [6.07, 6.45) is 3.86. The van der Waals surface area contributed by atoms with Crippen molar-refractivity contribution in [3.63, 3.8) is 0 Å². The smallest absolute Gasteiger partial charge is 0.164 e. The first kappa shape index (κ1) is 34.4. The summed E-state index contributed by atoms with van der Waals surface area (Å²) >= 11 is 0. The number of benzene rings is 8. The van der Waals surface area contributed by atoms with Gasteiger partial charge in [-0.25, -0.2) is 15.0 Å². The minimum atomic E-state index is -0.284. The van der Waals surface area contributed by atoms with Crippen LogP contribution >= 0.6 is 0 Å². The quantitative estimate of drug-likeness (QED) is 0.164. The maximum absolute atomic E-state index is 9.74. The Labute approximate surface area is 342 Å². The van der Waals surface area contributed by atoms with E-state index in [9.17, 15) is 5.26 Å². The van der Waals surface area contributed by atoms with Gasteiger partial charge in [-0.15, -0.1) is 0 Å². The van der Waals surface area contributed by atoms with Gasteiger partial charge < -0.3 is 0 Å². The Balaban J connectivity index is 1.15. The zero-order chi connectivity index (χ0) is 39.7. The average molecular weight is 754 g/mol. The van der Waals surface area contributed by atoms with Gasteiger partial charge in [0.1, 0.15) is 0 Å². The molecule has 276 valence electrons. The molecule has 0 radical (unpaired) electrons. The molecular weight excluding hydrogens is 719 g/mol. The van der Waals surface area contributed by atoms with Crippen LogP contribution in [0, 0.1) is 11.3 Å². The lowest BCUT2D eigenvalue weighted by Gasteiger charge is -2.22. The second kappa shape index (κ2) is 13.4. The fourth-order valence-electron chi connectivity index (χ4n) is 8.99. The molecule has 10 aromatic rings. The molecule has 0 bridgehead atoms. The standard InChI is InChI=1S/C54H35N5/c1-54(2)49-25-33(31-55)17-20-45(49)46-22-19-37(30-50(46)54)39-26-38(36-18-21-43-41-15-9-10-16-42(41)44-23-24-56-32-48(44)47(43)29-36)27-40(28-39)53-58-51(34-11-5-3-6-12-34)57-52(59-53)35-13-7-4-8-14-35/h3-30,32H,1-2H3. The number of aromatic nitrogens is 4. The summed E-state index contributed by atoms with van der Waals surface area (Å²) in [4.78, 5) is 19.9. The second-order valence-corrected chi connectivity index (χ2v) is 15.8. The SMILES string of the molecule is CC1(C)c2cc(C#N)ccc2-c2ccc(-c3cc(-c4ccc5c6ccccc6c6ccncc6c5c4)cc(-c4nc(-c5ccccc5)nc(-c5ccccc5)n4)c3)cc21. The fourth-order valence-corrected chi connectivity index (χ4v) is 8.99. The van der Waals surface area contributed by atoms with Crippen LogP contribution in [0.15, 0.2) is 176 Å². The third kappa shape index (κ3) is 5.68. The van der Waals surface area contributed by atoms with Crippen molar-refractivity contribution in [3.05, 3.63) is 193 Å². The van der Waals surface area contributed by atoms with Crippen LogP contribution in [-0.2, 0) is 5.41 Å². The molecule has 1 aliphatic rings. The summed E-state index contributed by atoms with van der Waals surface area (Å²) in [7, 11) is 0. The van der Waals surface area contributed by atoms with E-state index in [-0.39, 0.29) is 5.41 Å². The summed E-state index contributed by atoms with van der Waals surface area (Å²) in [5.74, 6) is 1.83. The summed E-state index contributed by atoms with van der Waals surface area (Å²) in [5.41, 5.74) is 12.2. The van der Waals surface area contributed by atoms with Crippen molar-refractivity contribution >= 4 is 32.3 Å². The first-order chi connectivity index (χ1) is 28.9. The Hall–Kier alpha value is -7.81. The molecule has 59 heavy (non-hydrogen) atoms. The monoisotopic (exact) mass is 753 g/mol. The van der Waals surface area contributed by atoms with Crippen molar-refractivity contribution in [1.82, 2.24) is 19.9 Å². The highest BCUT2D eigenvalue weighted by Gasteiger charge is 2.36. The molecule has 5 heteroatoms. The van der Waals surface area contributed by atoms with Crippen LogP contribution in [0.2, 0.25) is 0 Å². The molecule has 0 N–H and O–H groups in total.